The molecule has 3 aromatic rings. The highest BCUT2D eigenvalue weighted by atomic mass is 35.5. The first-order valence-corrected chi connectivity index (χ1v) is 17.2. The van der Waals surface area contributed by atoms with E-state index in [4.69, 9.17) is 11.6 Å². The Morgan fingerprint density at radius 2 is 1.61 bits per heavy atom. The van der Waals surface area contributed by atoms with Gasteiger partial charge in [-0.2, -0.15) is 0 Å². The van der Waals surface area contributed by atoms with Gasteiger partial charge in [-0.05, 0) is 65.4 Å². The van der Waals surface area contributed by atoms with E-state index >= 15 is 4.79 Å². The Kier molecular flexibility index (Phi) is 7.36. The monoisotopic (exact) mass is 625 g/mol. The van der Waals surface area contributed by atoms with Crippen molar-refractivity contribution in [3.63, 3.8) is 0 Å². The summed E-state index contributed by atoms with van der Waals surface area (Å²) in [6, 6.07) is 23.0. The molecule has 0 radical (unpaired) electrons. The molecule has 5 nitrogen and oxygen atoms in total. The fourth-order valence-corrected chi connectivity index (χ4v) is 9.96. The molecular formula is C37H40ClN3O2S. The molecular weight excluding hydrogens is 586 g/mol. The van der Waals surface area contributed by atoms with Crippen LogP contribution in [0.3, 0.4) is 0 Å². The second kappa shape index (κ2) is 10.9. The van der Waals surface area contributed by atoms with Crippen LogP contribution >= 0.6 is 23.4 Å². The lowest BCUT2D eigenvalue weighted by Gasteiger charge is -2.51. The molecule has 0 unspecified atom stereocenters. The second-order valence-corrected chi connectivity index (χ2v) is 15.1. The third kappa shape index (κ3) is 4.21. The van der Waals surface area contributed by atoms with Gasteiger partial charge in [0.25, 0.3) is 5.91 Å². The lowest BCUT2D eigenvalue weighted by Crippen LogP contribution is -2.65. The van der Waals surface area contributed by atoms with Crippen molar-refractivity contribution in [3.8, 4) is 0 Å². The Hall–Kier alpha value is -2.90. The molecule has 0 saturated carbocycles. The topological polar surface area (TPSA) is 52.7 Å². The van der Waals surface area contributed by atoms with Gasteiger partial charge in [0, 0.05) is 58.5 Å². The van der Waals surface area contributed by atoms with Gasteiger partial charge in [-0.3, -0.25) is 14.5 Å². The fraction of sp³-hybridized carbons (Fsp3) is 0.405. The lowest BCUT2D eigenvalue weighted by atomic mass is 9.55. The summed E-state index contributed by atoms with van der Waals surface area (Å²) in [7, 11) is 2.08. The van der Waals surface area contributed by atoms with Gasteiger partial charge < -0.3 is 10.2 Å². The van der Waals surface area contributed by atoms with E-state index in [1.54, 1.807) is 0 Å². The molecule has 0 aromatic heterocycles. The summed E-state index contributed by atoms with van der Waals surface area (Å²) in [5, 5.41) is 3.79. The van der Waals surface area contributed by atoms with Gasteiger partial charge in [0.1, 0.15) is 5.54 Å². The number of anilines is 1. The van der Waals surface area contributed by atoms with E-state index in [2.05, 4.69) is 104 Å². The van der Waals surface area contributed by atoms with Gasteiger partial charge in [-0.15, -0.1) is 11.8 Å². The number of nitrogens with one attached hydrogen (secondary N) is 1. The lowest BCUT2D eigenvalue weighted by molar-refractivity contribution is -0.146. The normalized spacial score (nSPS) is 29.4. The molecule has 3 aromatic carbocycles. The van der Waals surface area contributed by atoms with Gasteiger partial charge >= 0.3 is 0 Å². The van der Waals surface area contributed by atoms with Crippen LogP contribution in [0.2, 0.25) is 5.02 Å². The molecule has 2 spiro atoms. The average molecular weight is 626 g/mol. The second-order valence-electron chi connectivity index (χ2n) is 13.7. The zero-order valence-electron chi connectivity index (χ0n) is 26.1. The van der Waals surface area contributed by atoms with E-state index in [1.165, 1.54) is 11.1 Å². The number of piperidine rings is 1. The molecule has 4 heterocycles. The van der Waals surface area contributed by atoms with Crippen LogP contribution in [0, 0.1) is 5.41 Å². The first-order chi connectivity index (χ1) is 21.1. The van der Waals surface area contributed by atoms with Gasteiger partial charge in [0.05, 0.1) is 5.41 Å². The number of amides is 1. The Morgan fingerprint density at radius 3 is 2.27 bits per heavy atom. The maximum Gasteiger partial charge on any atom is 0.250 e. The summed E-state index contributed by atoms with van der Waals surface area (Å²) in [5.41, 5.74) is 4.74. The van der Waals surface area contributed by atoms with Crippen LogP contribution in [-0.4, -0.2) is 59.3 Å². The Labute approximate surface area is 270 Å². The van der Waals surface area contributed by atoms with E-state index in [0.717, 1.165) is 33.7 Å². The molecule has 1 amide bonds. The summed E-state index contributed by atoms with van der Waals surface area (Å²) in [4.78, 5) is 34.8. The number of hydrogen-bond acceptors (Lipinski definition) is 5. The van der Waals surface area contributed by atoms with Crippen molar-refractivity contribution in [1.29, 1.82) is 0 Å². The largest absolute Gasteiger partial charge is 0.324 e. The van der Waals surface area contributed by atoms with Gasteiger partial charge in [0.2, 0.25) is 0 Å². The molecule has 7 heteroatoms. The maximum absolute atomic E-state index is 15.5. The fourth-order valence-electron chi connectivity index (χ4n) is 8.48. The van der Waals surface area contributed by atoms with Crippen LogP contribution in [0.1, 0.15) is 73.3 Å². The predicted molar refractivity (Wildman–Crippen MR) is 181 cm³/mol. The van der Waals surface area contributed by atoms with Crippen LogP contribution in [0.5, 0.6) is 0 Å². The summed E-state index contributed by atoms with van der Waals surface area (Å²) in [6.45, 7) is 9.78. The van der Waals surface area contributed by atoms with Crippen molar-refractivity contribution in [2.45, 2.75) is 57.0 Å². The molecule has 4 atom stereocenters. The number of ketones is 1. The molecule has 0 bridgehead atoms. The van der Waals surface area contributed by atoms with Crippen LogP contribution < -0.4 is 5.32 Å². The highest BCUT2D eigenvalue weighted by Crippen LogP contribution is 2.68. The molecule has 4 aliphatic heterocycles. The number of likely N-dealkylation sites (N-methyl/N-ethyl adjacent to an activating group) is 1. The van der Waals surface area contributed by atoms with Crippen molar-refractivity contribution >= 4 is 46.8 Å². The Bertz CT molecular complexity index is 1670. The molecule has 1 N–H and O–H groups in total. The van der Waals surface area contributed by atoms with Gasteiger partial charge in [0.15, 0.2) is 5.78 Å². The Morgan fingerprint density at radius 1 is 0.955 bits per heavy atom. The van der Waals surface area contributed by atoms with E-state index in [9.17, 15) is 4.79 Å². The molecule has 7 rings (SSSR count). The first-order valence-electron chi connectivity index (χ1n) is 15.7. The van der Waals surface area contributed by atoms with Crippen LogP contribution in [-0.2, 0) is 15.1 Å². The molecule has 0 aliphatic carbocycles. The number of likely N-dealkylation sites (tertiary alicyclic amines) is 1. The number of fused-ring (bicyclic) bond motifs is 5. The summed E-state index contributed by atoms with van der Waals surface area (Å²) < 4.78 is 0. The third-order valence-electron chi connectivity index (χ3n) is 10.4. The number of halogens is 1. The standard InChI is InChI=1S/C37H40ClN3O2S/c1-22(2)25-8-6-24(7-9-25)16-28-18-40(5)20-36(34(28)42)33(27-12-10-26(11-13-27)23(3)4)32-19-44-21-41(32)37(36)30-17-29(38)14-15-31(30)39-35(37)43/h6-17,22-23,32-33H,18-21H2,1-5H3,(H,39,43)/b28-16+/t32-,33+,36-,37-/m0/s1. The van der Waals surface area contributed by atoms with Crippen molar-refractivity contribution < 1.29 is 9.59 Å². The van der Waals surface area contributed by atoms with Gasteiger partial charge in [-0.25, -0.2) is 0 Å². The van der Waals surface area contributed by atoms with E-state index in [1.807, 2.05) is 30.0 Å². The number of rotatable bonds is 4. The SMILES string of the molecule is CC(C)c1ccc(/C=C2\CN(C)C[C@@]3(C2=O)[C@H](c2ccc(C(C)C)cc2)[C@@H]2CSCN2[C@@]32C(=O)Nc3ccc(Cl)cc32)cc1. The number of nitrogens with zero attached hydrogens (tertiary/aromatic N) is 2. The van der Waals surface area contributed by atoms with E-state index < -0.39 is 11.0 Å². The number of Topliss-reactive ketones (excluding diaryl/α,β-unsaturated/α-hetero) is 1. The van der Waals surface area contributed by atoms with Crippen molar-refractivity contribution in [3.05, 3.63) is 105 Å². The zero-order chi connectivity index (χ0) is 31.0. The number of benzene rings is 3. The number of carbonyl (C=O) groups excluding carboxylic acids is 2. The van der Waals surface area contributed by atoms with Crippen molar-refractivity contribution in [1.82, 2.24) is 9.80 Å². The minimum atomic E-state index is -1.19. The Balaban J connectivity index is 1.48. The highest BCUT2D eigenvalue weighted by molar-refractivity contribution is 7.99. The zero-order valence-corrected chi connectivity index (χ0v) is 27.6. The number of carbonyl (C=O) groups is 2. The quantitative estimate of drug-likeness (QED) is 0.305. The third-order valence-corrected chi connectivity index (χ3v) is 11.7. The summed E-state index contributed by atoms with van der Waals surface area (Å²) in [6.07, 6.45) is 2.06. The predicted octanol–water partition coefficient (Wildman–Crippen LogP) is 7.49. The first kappa shape index (κ1) is 29.8. The van der Waals surface area contributed by atoms with E-state index in [-0.39, 0.29) is 23.7 Å². The molecule has 228 valence electrons. The maximum atomic E-state index is 15.5. The average Bonchev–Trinajstić information content (AvgIpc) is 3.64. The molecule has 3 fully saturated rings. The van der Waals surface area contributed by atoms with Crippen molar-refractivity contribution in [2.24, 2.45) is 5.41 Å². The minimum absolute atomic E-state index is 0.0163. The van der Waals surface area contributed by atoms with E-state index in [0.29, 0.717) is 35.8 Å². The summed E-state index contributed by atoms with van der Waals surface area (Å²) >= 11 is 8.51. The van der Waals surface area contributed by atoms with Crippen LogP contribution in [0.15, 0.2) is 72.3 Å². The van der Waals surface area contributed by atoms with Crippen LogP contribution in [0.25, 0.3) is 6.08 Å². The molecule has 4 aliphatic rings. The summed E-state index contributed by atoms with van der Waals surface area (Å²) in [5.74, 6) is 2.14. The minimum Gasteiger partial charge on any atom is -0.324 e. The van der Waals surface area contributed by atoms with Crippen LogP contribution in [0.4, 0.5) is 5.69 Å². The molecule has 3 saturated heterocycles. The highest BCUT2D eigenvalue weighted by Gasteiger charge is 2.78. The molecule has 44 heavy (non-hydrogen) atoms. The smallest absolute Gasteiger partial charge is 0.250 e. The van der Waals surface area contributed by atoms with Gasteiger partial charge in [-0.1, -0.05) is 87.8 Å². The number of thioether (sulfide) groups is 1. The van der Waals surface area contributed by atoms with Crippen molar-refractivity contribution in [2.75, 3.05) is 37.1 Å². The number of hydrogen-bond donors (Lipinski definition) is 1.